The second kappa shape index (κ2) is 4.57. The van der Waals surface area contributed by atoms with E-state index in [1.165, 1.54) is 0 Å². The van der Waals surface area contributed by atoms with Gasteiger partial charge < -0.3 is 14.8 Å². The molecule has 0 spiro atoms. The van der Waals surface area contributed by atoms with Crippen LogP contribution in [0.5, 0.6) is 0 Å². The van der Waals surface area contributed by atoms with Gasteiger partial charge in [0.25, 0.3) is 0 Å². The molecule has 6 heteroatoms. The Hall–Kier alpha value is -1.85. The van der Waals surface area contributed by atoms with Crippen LogP contribution in [-0.2, 0) is 0 Å². The maximum absolute atomic E-state index is 4.39. The predicted molar refractivity (Wildman–Crippen MR) is 69.6 cm³/mol. The Kier molecular flexibility index (Phi) is 3.12. The summed E-state index contributed by atoms with van der Waals surface area (Å²) in [4.78, 5) is 14.9. The van der Waals surface area contributed by atoms with Crippen LogP contribution in [0.3, 0.4) is 0 Å². The van der Waals surface area contributed by atoms with E-state index < -0.39 is 0 Å². The summed E-state index contributed by atoms with van der Waals surface area (Å²) in [5.74, 6) is 0.982. The summed E-state index contributed by atoms with van der Waals surface area (Å²) in [6.07, 6.45) is 5.02. The van der Waals surface area contributed by atoms with Crippen LogP contribution in [0.4, 0.5) is 5.82 Å². The third-order valence-corrected chi connectivity index (χ3v) is 2.48. The Morgan fingerprint density at radius 2 is 2.29 bits per heavy atom. The molecule has 2 rings (SSSR count). The number of imidazole rings is 1. The molecule has 1 aliphatic heterocycles. The fourth-order valence-corrected chi connectivity index (χ4v) is 1.65. The minimum Gasteiger partial charge on any atom is -0.369 e. The molecule has 92 valence electrons. The molecular formula is C11H18N6. The average Bonchev–Trinajstić information content (AvgIpc) is 2.70. The highest BCUT2D eigenvalue weighted by molar-refractivity contribution is 5.78. The number of rotatable bonds is 3. The van der Waals surface area contributed by atoms with Gasteiger partial charge in [0.1, 0.15) is 11.5 Å². The Bertz CT molecular complexity index is 443. The van der Waals surface area contributed by atoms with Crippen molar-refractivity contribution in [2.75, 3.05) is 19.4 Å². The first-order chi connectivity index (χ1) is 8.09. The Labute approximate surface area is 101 Å². The van der Waals surface area contributed by atoms with Crippen LogP contribution in [0.2, 0.25) is 0 Å². The van der Waals surface area contributed by atoms with Crippen molar-refractivity contribution < 1.29 is 0 Å². The van der Waals surface area contributed by atoms with Gasteiger partial charge in [-0.2, -0.15) is 0 Å². The highest BCUT2D eigenvalue weighted by atomic mass is 15.2. The highest BCUT2D eigenvalue weighted by Crippen LogP contribution is 2.29. The first kappa shape index (κ1) is 11.6. The number of anilines is 1. The third kappa shape index (κ3) is 2.30. The lowest BCUT2D eigenvalue weighted by molar-refractivity contribution is 0.603. The monoisotopic (exact) mass is 234 g/mol. The van der Waals surface area contributed by atoms with Gasteiger partial charge in [-0.15, -0.1) is 0 Å². The van der Waals surface area contributed by atoms with Gasteiger partial charge in [0.05, 0.1) is 19.0 Å². The molecule has 2 heterocycles. The standard InChI is InChI=1S/C11H18N6/c1-8(2)17-7-14-9-10(15-6-16(3)4)12-5-13-11(9)17/h5-8,10H,1-4H3,(H,12,13). The smallest absolute Gasteiger partial charge is 0.188 e. The van der Waals surface area contributed by atoms with E-state index in [4.69, 9.17) is 0 Å². The van der Waals surface area contributed by atoms with Crippen molar-refractivity contribution in [3.8, 4) is 0 Å². The SMILES string of the molecule is CC(C)n1cnc2c1NC=NC2N=CN(C)C. The summed E-state index contributed by atoms with van der Waals surface area (Å²) in [6.45, 7) is 4.24. The van der Waals surface area contributed by atoms with E-state index in [0.717, 1.165) is 11.5 Å². The van der Waals surface area contributed by atoms with Crippen LogP contribution in [-0.4, -0.2) is 41.2 Å². The van der Waals surface area contributed by atoms with Crippen molar-refractivity contribution in [1.29, 1.82) is 0 Å². The molecule has 17 heavy (non-hydrogen) atoms. The normalized spacial score (nSPS) is 18.5. The molecule has 6 nitrogen and oxygen atoms in total. The number of hydrogen-bond donors (Lipinski definition) is 1. The fraction of sp³-hybridized carbons (Fsp3) is 0.545. The average molecular weight is 234 g/mol. The van der Waals surface area contributed by atoms with Crippen molar-refractivity contribution in [3.63, 3.8) is 0 Å². The molecule has 1 aliphatic rings. The van der Waals surface area contributed by atoms with E-state index in [-0.39, 0.29) is 6.17 Å². The van der Waals surface area contributed by atoms with Gasteiger partial charge in [-0.05, 0) is 13.8 Å². The molecule has 0 bridgehead atoms. The molecule has 1 aromatic rings. The maximum atomic E-state index is 4.39. The summed E-state index contributed by atoms with van der Waals surface area (Å²) >= 11 is 0. The summed E-state index contributed by atoms with van der Waals surface area (Å²) in [6, 6.07) is 0.365. The number of hydrogen-bond acceptors (Lipinski definition) is 4. The minimum atomic E-state index is -0.242. The molecule has 0 radical (unpaired) electrons. The Morgan fingerprint density at radius 3 is 2.94 bits per heavy atom. The van der Waals surface area contributed by atoms with Crippen LogP contribution >= 0.6 is 0 Å². The van der Waals surface area contributed by atoms with Crippen molar-refractivity contribution in [1.82, 2.24) is 14.5 Å². The molecule has 0 saturated heterocycles. The lowest BCUT2D eigenvalue weighted by Crippen LogP contribution is -2.15. The molecule has 1 aromatic heterocycles. The molecule has 0 aromatic carbocycles. The molecule has 1 N–H and O–H groups in total. The zero-order valence-corrected chi connectivity index (χ0v) is 10.6. The van der Waals surface area contributed by atoms with E-state index in [1.807, 2.05) is 25.3 Å². The van der Waals surface area contributed by atoms with Gasteiger partial charge in [0, 0.05) is 20.1 Å². The summed E-state index contributed by atoms with van der Waals surface area (Å²) in [7, 11) is 3.86. The zero-order valence-electron chi connectivity index (χ0n) is 10.6. The molecule has 1 atom stereocenters. The largest absolute Gasteiger partial charge is 0.369 e. The zero-order chi connectivity index (χ0) is 12.4. The predicted octanol–water partition coefficient (Wildman–Crippen LogP) is 1.51. The first-order valence-corrected chi connectivity index (χ1v) is 5.64. The molecule has 1 unspecified atom stereocenters. The number of fused-ring (bicyclic) bond motifs is 1. The molecule has 0 aliphatic carbocycles. The van der Waals surface area contributed by atoms with Gasteiger partial charge in [-0.1, -0.05) is 0 Å². The lowest BCUT2D eigenvalue weighted by Gasteiger charge is -2.17. The highest BCUT2D eigenvalue weighted by Gasteiger charge is 2.22. The molecule has 0 saturated carbocycles. The molecular weight excluding hydrogens is 216 g/mol. The number of nitrogens with zero attached hydrogens (tertiary/aromatic N) is 5. The fourth-order valence-electron chi connectivity index (χ4n) is 1.65. The quantitative estimate of drug-likeness (QED) is 0.637. The maximum Gasteiger partial charge on any atom is 0.188 e. The minimum absolute atomic E-state index is 0.242. The van der Waals surface area contributed by atoms with Crippen LogP contribution in [0, 0.1) is 0 Å². The van der Waals surface area contributed by atoms with Crippen LogP contribution in [0.25, 0.3) is 0 Å². The topological polar surface area (TPSA) is 57.8 Å². The van der Waals surface area contributed by atoms with Gasteiger partial charge in [-0.25, -0.2) is 15.0 Å². The van der Waals surface area contributed by atoms with E-state index >= 15 is 0 Å². The van der Waals surface area contributed by atoms with E-state index in [0.29, 0.717) is 6.04 Å². The van der Waals surface area contributed by atoms with Crippen molar-refractivity contribution >= 4 is 18.5 Å². The van der Waals surface area contributed by atoms with E-state index in [2.05, 4.69) is 38.7 Å². The van der Waals surface area contributed by atoms with E-state index in [9.17, 15) is 0 Å². The van der Waals surface area contributed by atoms with Gasteiger partial charge in [-0.3, -0.25) is 0 Å². The molecule has 0 fully saturated rings. The van der Waals surface area contributed by atoms with Crippen molar-refractivity contribution in [3.05, 3.63) is 12.0 Å². The Balaban J connectivity index is 2.30. The summed E-state index contributed by atoms with van der Waals surface area (Å²) in [5.41, 5.74) is 0.874. The number of nitrogens with one attached hydrogen (secondary N) is 1. The van der Waals surface area contributed by atoms with Crippen molar-refractivity contribution in [2.24, 2.45) is 9.98 Å². The molecule has 0 amide bonds. The first-order valence-electron chi connectivity index (χ1n) is 5.64. The number of aliphatic imine (C=N–C) groups is 2. The van der Waals surface area contributed by atoms with Crippen LogP contribution < -0.4 is 5.32 Å². The second-order valence-corrected chi connectivity index (χ2v) is 4.50. The van der Waals surface area contributed by atoms with Crippen LogP contribution in [0.1, 0.15) is 31.7 Å². The lowest BCUT2D eigenvalue weighted by atomic mass is 10.3. The van der Waals surface area contributed by atoms with Gasteiger partial charge in [0.15, 0.2) is 6.17 Å². The van der Waals surface area contributed by atoms with Gasteiger partial charge >= 0.3 is 0 Å². The second-order valence-electron chi connectivity index (χ2n) is 4.50. The summed E-state index contributed by atoms with van der Waals surface area (Å²) in [5, 5.41) is 3.13. The summed E-state index contributed by atoms with van der Waals surface area (Å²) < 4.78 is 2.08. The van der Waals surface area contributed by atoms with Crippen LogP contribution in [0.15, 0.2) is 16.3 Å². The number of aromatic nitrogens is 2. The van der Waals surface area contributed by atoms with Gasteiger partial charge in [0.2, 0.25) is 0 Å². The Morgan fingerprint density at radius 1 is 1.53 bits per heavy atom. The third-order valence-electron chi connectivity index (χ3n) is 2.48. The van der Waals surface area contributed by atoms with Crippen molar-refractivity contribution in [2.45, 2.75) is 26.1 Å². The van der Waals surface area contributed by atoms with E-state index in [1.54, 1.807) is 12.7 Å².